The molecular weight excluding hydrogens is 274 g/mol. The van der Waals surface area contributed by atoms with Crippen molar-refractivity contribution in [2.24, 2.45) is 11.8 Å². The number of carbonyl (C=O) groups is 1. The number of nitrogens with zero attached hydrogens (tertiary/aromatic N) is 1. The normalized spacial score (nSPS) is 21.5. The van der Waals surface area contributed by atoms with Crippen LogP contribution in [0.3, 0.4) is 0 Å². The number of hydrogen-bond acceptors (Lipinski definition) is 5. The van der Waals surface area contributed by atoms with Crippen molar-refractivity contribution in [1.82, 2.24) is 0 Å². The van der Waals surface area contributed by atoms with Gasteiger partial charge in [0.1, 0.15) is 5.75 Å². The highest BCUT2D eigenvalue weighted by molar-refractivity contribution is 5.79. The van der Waals surface area contributed by atoms with Crippen molar-refractivity contribution >= 4 is 6.29 Å². The van der Waals surface area contributed by atoms with Gasteiger partial charge < -0.3 is 9.57 Å². The summed E-state index contributed by atoms with van der Waals surface area (Å²) in [5, 5.41) is 9.43. The van der Waals surface area contributed by atoms with Crippen LogP contribution in [0.15, 0.2) is 24.3 Å². The molecule has 6 heteroatoms. The van der Waals surface area contributed by atoms with Crippen LogP contribution in [0.2, 0.25) is 0 Å². The van der Waals surface area contributed by atoms with Gasteiger partial charge in [-0.15, -0.1) is 10.1 Å². The summed E-state index contributed by atoms with van der Waals surface area (Å²) < 4.78 is 5.73. The number of carbonyl (C=O) groups excluding carboxylic acids is 1. The summed E-state index contributed by atoms with van der Waals surface area (Å²) in [6, 6.07) is 7.17. The highest BCUT2D eigenvalue weighted by Crippen LogP contribution is 2.29. The van der Waals surface area contributed by atoms with E-state index in [9.17, 15) is 14.9 Å². The Kier molecular flexibility index (Phi) is 5.54. The van der Waals surface area contributed by atoms with E-state index in [1.165, 1.54) is 0 Å². The average Bonchev–Trinajstić information content (AvgIpc) is 2.52. The quantitative estimate of drug-likeness (QED) is 0.439. The molecule has 1 saturated carbocycles. The van der Waals surface area contributed by atoms with Crippen LogP contribution in [0.5, 0.6) is 5.75 Å². The second-order valence-electron chi connectivity index (χ2n) is 5.37. The summed E-state index contributed by atoms with van der Waals surface area (Å²) in [7, 11) is 0. The van der Waals surface area contributed by atoms with E-state index in [2.05, 4.69) is 4.84 Å². The molecule has 6 nitrogen and oxygen atoms in total. The number of para-hydroxylation sites is 1. The Hall–Kier alpha value is -2.11. The van der Waals surface area contributed by atoms with E-state index in [0.717, 1.165) is 32.0 Å². The first-order valence-electron chi connectivity index (χ1n) is 7.13. The van der Waals surface area contributed by atoms with E-state index in [1.54, 1.807) is 18.2 Å². The minimum atomic E-state index is -0.731. The topological polar surface area (TPSA) is 78.7 Å². The molecule has 0 heterocycles. The number of aldehydes is 1. The first kappa shape index (κ1) is 15.3. The molecule has 1 aromatic carbocycles. The van der Waals surface area contributed by atoms with Gasteiger partial charge in [-0.25, -0.2) is 0 Å². The Morgan fingerprint density at radius 3 is 2.38 bits per heavy atom. The van der Waals surface area contributed by atoms with E-state index < -0.39 is 5.09 Å². The van der Waals surface area contributed by atoms with Crippen LogP contribution < -0.4 is 4.74 Å². The second-order valence-corrected chi connectivity index (χ2v) is 5.37. The predicted molar refractivity (Wildman–Crippen MR) is 75.7 cm³/mol. The molecule has 0 spiro atoms. The van der Waals surface area contributed by atoms with Crippen molar-refractivity contribution in [3.8, 4) is 5.75 Å². The zero-order valence-corrected chi connectivity index (χ0v) is 11.8. The van der Waals surface area contributed by atoms with Crippen molar-refractivity contribution in [3.63, 3.8) is 0 Å². The van der Waals surface area contributed by atoms with Crippen LogP contribution in [0.4, 0.5) is 0 Å². The fourth-order valence-corrected chi connectivity index (χ4v) is 2.65. The van der Waals surface area contributed by atoms with Crippen molar-refractivity contribution in [2.75, 3.05) is 13.2 Å². The van der Waals surface area contributed by atoms with Crippen molar-refractivity contribution in [3.05, 3.63) is 39.9 Å². The van der Waals surface area contributed by atoms with Gasteiger partial charge in [0.05, 0.1) is 18.8 Å². The third-order valence-electron chi connectivity index (χ3n) is 3.90. The summed E-state index contributed by atoms with van der Waals surface area (Å²) in [6.07, 6.45) is 4.56. The summed E-state index contributed by atoms with van der Waals surface area (Å²) in [4.78, 5) is 25.5. The van der Waals surface area contributed by atoms with Crippen LogP contribution in [-0.4, -0.2) is 24.6 Å². The monoisotopic (exact) mass is 293 g/mol. The molecule has 21 heavy (non-hydrogen) atoms. The van der Waals surface area contributed by atoms with Gasteiger partial charge in [-0.2, -0.15) is 0 Å². The van der Waals surface area contributed by atoms with Gasteiger partial charge in [-0.3, -0.25) is 4.79 Å². The Labute approximate surface area is 123 Å². The molecule has 2 rings (SSSR count). The molecule has 0 amide bonds. The van der Waals surface area contributed by atoms with E-state index in [1.807, 2.05) is 6.07 Å². The molecule has 0 radical (unpaired) electrons. The van der Waals surface area contributed by atoms with Gasteiger partial charge in [0, 0.05) is 0 Å². The first-order chi connectivity index (χ1) is 10.2. The molecule has 0 aliphatic heterocycles. The lowest BCUT2D eigenvalue weighted by atomic mass is 9.83. The van der Waals surface area contributed by atoms with Crippen LogP contribution in [0, 0.1) is 22.0 Å². The van der Waals surface area contributed by atoms with Gasteiger partial charge in [-0.05, 0) is 49.7 Å². The minimum Gasteiger partial charge on any atom is -0.493 e. The molecule has 1 aliphatic rings. The molecule has 0 saturated heterocycles. The maximum atomic E-state index is 10.9. The molecular formula is C15H19NO5. The van der Waals surface area contributed by atoms with E-state index in [-0.39, 0.29) is 12.5 Å². The molecule has 1 aromatic rings. The van der Waals surface area contributed by atoms with Crippen LogP contribution in [-0.2, 0) is 4.84 Å². The van der Waals surface area contributed by atoms with Crippen molar-refractivity contribution < 1.29 is 19.5 Å². The van der Waals surface area contributed by atoms with Gasteiger partial charge in [0.25, 0.3) is 5.09 Å². The lowest BCUT2D eigenvalue weighted by molar-refractivity contribution is -0.759. The highest BCUT2D eigenvalue weighted by Gasteiger charge is 2.22. The molecule has 0 N–H and O–H groups in total. The van der Waals surface area contributed by atoms with Crippen LogP contribution in [0.25, 0.3) is 0 Å². The first-order valence-corrected chi connectivity index (χ1v) is 7.13. The minimum absolute atomic E-state index is 0.189. The van der Waals surface area contributed by atoms with Gasteiger partial charge in [-0.1, -0.05) is 12.1 Å². The maximum Gasteiger partial charge on any atom is 0.294 e. The van der Waals surface area contributed by atoms with Crippen LogP contribution in [0.1, 0.15) is 36.0 Å². The van der Waals surface area contributed by atoms with E-state index >= 15 is 0 Å². The summed E-state index contributed by atoms with van der Waals surface area (Å²) in [6.45, 7) is 0.766. The number of hydrogen-bond donors (Lipinski definition) is 0. The molecule has 0 unspecified atom stereocenters. The average molecular weight is 293 g/mol. The molecule has 1 aliphatic carbocycles. The van der Waals surface area contributed by atoms with Gasteiger partial charge in [0.15, 0.2) is 6.29 Å². The Morgan fingerprint density at radius 1 is 1.14 bits per heavy atom. The Bertz CT molecular complexity index is 483. The number of benzene rings is 1. The molecule has 0 atom stereocenters. The molecule has 1 fully saturated rings. The van der Waals surface area contributed by atoms with Gasteiger partial charge in [0.2, 0.25) is 0 Å². The lowest BCUT2D eigenvalue weighted by Crippen LogP contribution is -2.23. The third kappa shape index (κ3) is 4.73. The van der Waals surface area contributed by atoms with Gasteiger partial charge >= 0.3 is 0 Å². The standard InChI is InChI=1S/C15H19NO5/c17-9-14-3-1-2-4-15(14)20-10-12-5-7-13(8-6-12)11-21-16(18)19/h1-4,9,12-13H,5-8,10-11H2/t12-,13-. The fraction of sp³-hybridized carbons (Fsp3) is 0.533. The Balaban J connectivity index is 1.74. The summed E-state index contributed by atoms with van der Waals surface area (Å²) >= 11 is 0. The van der Waals surface area contributed by atoms with Crippen molar-refractivity contribution in [2.45, 2.75) is 25.7 Å². The zero-order valence-electron chi connectivity index (χ0n) is 11.8. The lowest BCUT2D eigenvalue weighted by Gasteiger charge is -2.27. The zero-order chi connectivity index (χ0) is 15.1. The Morgan fingerprint density at radius 2 is 1.76 bits per heavy atom. The smallest absolute Gasteiger partial charge is 0.294 e. The summed E-state index contributed by atoms with van der Waals surface area (Å²) in [5.74, 6) is 1.30. The largest absolute Gasteiger partial charge is 0.493 e. The molecule has 0 bridgehead atoms. The maximum absolute atomic E-state index is 10.9. The third-order valence-corrected chi connectivity index (χ3v) is 3.90. The van der Waals surface area contributed by atoms with Crippen molar-refractivity contribution in [1.29, 1.82) is 0 Å². The SMILES string of the molecule is O=Cc1ccccc1OC[C@H]1CC[C@H](CO[N+](=O)[O-])CC1. The van der Waals surface area contributed by atoms with E-state index in [4.69, 9.17) is 4.74 Å². The fourth-order valence-electron chi connectivity index (χ4n) is 2.65. The number of rotatable bonds is 7. The van der Waals surface area contributed by atoms with E-state index in [0.29, 0.717) is 23.8 Å². The highest BCUT2D eigenvalue weighted by atomic mass is 16.9. The second kappa shape index (κ2) is 7.61. The predicted octanol–water partition coefficient (Wildman–Crippen LogP) is 2.89. The molecule has 0 aromatic heterocycles. The number of ether oxygens (including phenoxy) is 1. The summed E-state index contributed by atoms with van der Waals surface area (Å²) in [5.41, 5.74) is 0.561. The van der Waals surface area contributed by atoms with Crippen LogP contribution >= 0.6 is 0 Å². The molecule has 114 valence electrons.